The van der Waals surface area contributed by atoms with Gasteiger partial charge in [-0.25, -0.2) is 0 Å². The number of carbonyl (C=O) groups is 1. The highest BCUT2D eigenvalue weighted by Gasteiger charge is 2.34. The third-order valence-corrected chi connectivity index (χ3v) is 2.12. The lowest BCUT2D eigenvalue weighted by atomic mass is 10.1. The summed E-state index contributed by atoms with van der Waals surface area (Å²) >= 11 is 0. The van der Waals surface area contributed by atoms with E-state index in [1.54, 1.807) is 27.7 Å². The van der Waals surface area contributed by atoms with Crippen LogP contribution in [0.4, 0.5) is 13.2 Å². The Bertz CT molecular complexity index is 287. The van der Waals surface area contributed by atoms with E-state index in [0.717, 1.165) is 7.05 Å². The normalized spacial score (nSPS) is 16.3. The molecule has 0 aromatic rings. The number of rotatable bonds is 4. The molecule has 0 fully saturated rings. The third-order valence-electron chi connectivity index (χ3n) is 2.12. The number of carbonyl (C=O) groups excluding carboxylic acids is 1. The topological polar surface area (TPSA) is 55.6 Å². The fourth-order valence-corrected chi connectivity index (χ4v) is 1.43. The summed E-state index contributed by atoms with van der Waals surface area (Å²) in [4.78, 5) is 12.2. The van der Waals surface area contributed by atoms with Crippen molar-refractivity contribution < 1.29 is 22.7 Å². The van der Waals surface area contributed by atoms with Gasteiger partial charge in [0, 0.05) is 7.05 Å². The SMILES string of the molecule is C[C@@H](OC(C)(C)C)[C@H](N)C(=O)N(C)CC(F)(F)F. The van der Waals surface area contributed by atoms with Gasteiger partial charge in [0.2, 0.25) is 5.91 Å². The predicted octanol–water partition coefficient (Wildman–Crippen LogP) is 1.54. The first kappa shape index (κ1) is 17.2. The molecule has 0 saturated carbocycles. The molecule has 108 valence electrons. The molecule has 4 nitrogen and oxygen atoms in total. The third kappa shape index (κ3) is 6.80. The van der Waals surface area contributed by atoms with Gasteiger partial charge in [-0.1, -0.05) is 0 Å². The van der Waals surface area contributed by atoms with Crippen LogP contribution in [0.2, 0.25) is 0 Å². The monoisotopic (exact) mass is 270 g/mol. The van der Waals surface area contributed by atoms with E-state index in [4.69, 9.17) is 10.5 Å². The molecule has 0 radical (unpaired) electrons. The number of hydrogen-bond donors (Lipinski definition) is 1. The smallest absolute Gasteiger partial charge is 0.371 e. The molecule has 1 amide bonds. The summed E-state index contributed by atoms with van der Waals surface area (Å²) in [6, 6.07) is -1.11. The summed E-state index contributed by atoms with van der Waals surface area (Å²) in [5.41, 5.74) is 5.09. The average molecular weight is 270 g/mol. The lowest BCUT2D eigenvalue weighted by Gasteiger charge is -2.30. The summed E-state index contributed by atoms with van der Waals surface area (Å²) < 4.78 is 41.9. The molecule has 0 aromatic heterocycles. The van der Waals surface area contributed by atoms with Gasteiger partial charge in [-0.2, -0.15) is 13.2 Å². The van der Waals surface area contributed by atoms with Crippen LogP contribution in [0.15, 0.2) is 0 Å². The van der Waals surface area contributed by atoms with Gasteiger partial charge in [-0.05, 0) is 27.7 Å². The van der Waals surface area contributed by atoms with Crippen LogP contribution >= 0.6 is 0 Å². The van der Waals surface area contributed by atoms with Crippen molar-refractivity contribution in [3.63, 3.8) is 0 Å². The first-order valence-electron chi connectivity index (χ1n) is 5.58. The first-order chi connectivity index (χ1) is 7.83. The maximum atomic E-state index is 12.1. The van der Waals surface area contributed by atoms with Gasteiger partial charge < -0.3 is 15.4 Å². The van der Waals surface area contributed by atoms with E-state index < -0.39 is 36.4 Å². The Morgan fingerprint density at radius 3 is 2.11 bits per heavy atom. The highest BCUT2D eigenvalue weighted by atomic mass is 19.4. The Labute approximate surface area is 105 Å². The summed E-state index contributed by atoms with van der Waals surface area (Å²) in [5, 5.41) is 0. The van der Waals surface area contributed by atoms with Crippen molar-refractivity contribution in [3.05, 3.63) is 0 Å². The molecule has 0 aromatic carbocycles. The summed E-state index contributed by atoms with van der Waals surface area (Å²) in [6.45, 7) is 5.58. The predicted molar refractivity (Wildman–Crippen MR) is 62.0 cm³/mol. The minimum absolute atomic E-state index is 0.514. The molecule has 0 aliphatic rings. The lowest BCUT2D eigenvalue weighted by Crippen LogP contribution is -2.52. The summed E-state index contributed by atoms with van der Waals surface area (Å²) in [5.74, 6) is -0.788. The molecule has 0 saturated heterocycles. The Morgan fingerprint density at radius 1 is 1.33 bits per heavy atom. The van der Waals surface area contributed by atoms with Crippen molar-refractivity contribution >= 4 is 5.91 Å². The van der Waals surface area contributed by atoms with Crippen molar-refractivity contribution in [2.45, 2.75) is 51.6 Å². The molecule has 0 rings (SSSR count). The van der Waals surface area contributed by atoms with Gasteiger partial charge in [-0.15, -0.1) is 0 Å². The van der Waals surface area contributed by atoms with Crippen molar-refractivity contribution in [2.75, 3.05) is 13.6 Å². The van der Waals surface area contributed by atoms with Crippen LogP contribution in [0.25, 0.3) is 0 Å². The second kappa shape index (κ2) is 5.88. The number of amides is 1. The fourth-order valence-electron chi connectivity index (χ4n) is 1.43. The van der Waals surface area contributed by atoms with Crippen LogP contribution in [0, 0.1) is 0 Å². The fraction of sp³-hybridized carbons (Fsp3) is 0.909. The summed E-state index contributed by atoms with van der Waals surface area (Å²) in [6.07, 6.45) is -5.09. The number of halogens is 3. The Balaban J connectivity index is 4.50. The van der Waals surface area contributed by atoms with Gasteiger partial charge >= 0.3 is 6.18 Å². The standard InChI is InChI=1S/C11H21F3N2O2/c1-7(18-10(2,3)4)8(15)9(17)16(5)6-11(12,13)14/h7-8H,6,15H2,1-5H3/t7-,8+/m1/s1. The van der Waals surface area contributed by atoms with Crippen molar-refractivity contribution in [1.29, 1.82) is 0 Å². The molecule has 18 heavy (non-hydrogen) atoms. The van der Waals surface area contributed by atoms with E-state index in [-0.39, 0.29) is 0 Å². The molecule has 0 aliphatic heterocycles. The molecule has 7 heteroatoms. The minimum atomic E-state index is -4.43. The van der Waals surface area contributed by atoms with Crippen LogP contribution in [-0.2, 0) is 9.53 Å². The van der Waals surface area contributed by atoms with Crippen molar-refractivity contribution in [2.24, 2.45) is 5.73 Å². The largest absolute Gasteiger partial charge is 0.406 e. The Kier molecular flexibility index (Phi) is 5.61. The van der Waals surface area contributed by atoms with Crippen molar-refractivity contribution in [1.82, 2.24) is 4.90 Å². The molecule has 0 spiro atoms. The Hall–Kier alpha value is -0.820. The highest BCUT2D eigenvalue weighted by Crippen LogP contribution is 2.17. The average Bonchev–Trinajstić information content (AvgIpc) is 2.09. The van der Waals surface area contributed by atoms with E-state index in [0.29, 0.717) is 4.90 Å². The van der Waals surface area contributed by atoms with Gasteiger partial charge in [-0.3, -0.25) is 4.79 Å². The van der Waals surface area contributed by atoms with E-state index in [1.165, 1.54) is 0 Å². The molecule has 0 heterocycles. The van der Waals surface area contributed by atoms with Crippen LogP contribution in [0.1, 0.15) is 27.7 Å². The van der Waals surface area contributed by atoms with Gasteiger partial charge in [0.25, 0.3) is 0 Å². The van der Waals surface area contributed by atoms with E-state index in [2.05, 4.69) is 0 Å². The van der Waals surface area contributed by atoms with Crippen LogP contribution in [0.5, 0.6) is 0 Å². The van der Waals surface area contributed by atoms with Crippen molar-refractivity contribution in [3.8, 4) is 0 Å². The molecular formula is C11H21F3N2O2. The highest BCUT2D eigenvalue weighted by molar-refractivity contribution is 5.82. The Morgan fingerprint density at radius 2 is 1.78 bits per heavy atom. The second-order valence-corrected chi connectivity index (χ2v) is 5.27. The molecule has 0 aliphatic carbocycles. The van der Waals surface area contributed by atoms with Gasteiger partial charge in [0.1, 0.15) is 12.6 Å². The van der Waals surface area contributed by atoms with E-state index >= 15 is 0 Å². The molecular weight excluding hydrogens is 249 g/mol. The molecule has 2 N–H and O–H groups in total. The number of ether oxygens (including phenoxy) is 1. The summed E-state index contributed by atoms with van der Waals surface area (Å²) in [7, 11) is 1.07. The maximum absolute atomic E-state index is 12.1. The number of alkyl halides is 3. The van der Waals surface area contributed by atoms with Crippen LogP contribution in [-0.4, -0.2) is 48.3 Å². The van der Waals surface area contributed by atoms with Crippen LogP contribution in [0.3, 0.4) is 0 Å². The number of nitrogens with two attached hydrogens (primary N) is 1. The second-order valence-electron chi connectivity index (χ2n) is 5.27. The number of hydrogen-bond acceptors (Lipinski definition) is 3. The van der Waals surface area contributed by atoms with Crippen LogP contribution < -0.4 is 5.73 Å². The van der Waals surface area contributed by atoms with E-state index in [1.807, 2.05) is 0 Å². The molecule has 0 unspecified atom stereocenters. The zero-order valence-corrected chi connectivity index (χ0v) is 11.3. The van der Waals surface area contributed by atoms with Gasteiger partial charge in [0.05, 0.1) is 11.7 Å². The van der Waals surface area contributed by atoms with E-state index in [9.17, 15) is 18.0 Å². The van der Waals surface area contributed by atoms with Gasteiger partial charge in [0.15, 0.2) is 0 Å². The minimum Gasteiger partial charge on any atom is -0.371 e. The zero-order valence-electron chi connectivity index (χ0n) is 11.3. The lowest BCUT2D eigenvalue weighted by molar-refractivity contribution is -0.162. The first-order valence-corrected chi connectivity index (χ1v) is 5.58. The zero-order chi connectivity index (χ0) is 14.7. The quantitative estimate of drug-likeness (QED) is 0.843. The number of nitrogens with zero attached hydrogens (tertiary/aromatic N) is 1. The molecule has 0 bridgehead atoms. The molecule has 2 atom stereocenters. The number of likely N-dealkylation sites (N-methyl/N-ethyl adjacent to an activating group) is 1. The maximum Gasteiger partial charge on any atom is 0.406 e.